The van der Waals surface area contributed by atoms with Gasteiger partial charge in [-0.1, -0.05) is 13.8 Å². The van der Waals surface area contributed by atoms with Crippen LogP contribution >= 0.6 is 12.6 Å². The number of alkyl carbamates (subject to hydrolysis) is 1. The molecular formula is C7H15NO2S. The molecule has 0 saturated heterocycles. The highest BCUT2D eigenvalue weighted by atomic mass is 32.1. The Morgan fingerprint density at radius 1 is 1.64 bits per heavy atom. The number of thiol groups is 1. The van der Waals surface area contributed by atoms with E-state index in [4.69, 9.17) is 0 Å². The van der Waals surface area contributed by atoms with E-state index in [2.05, 4.69) is 36.5 Å². The lowest BCUT2D eigenvalue weighted by atomic mass is 10.1. The molecule has 4 heteroatoms. The Morgan fingerprint density at radius 2 is 2.18 bits per heavy atom. The number of methoxy groups -OCH3 is 1. The first-order chi connectivity index (χ1) is 5.07. The lowest BCUT2D eigenvalue weighted by Gasteiger charge is -2.14. The van der Waals surface area contributed by atoms with E-state index in [1.165, 1.54) is 7.11 Å². The van der Waals surface area contributed by atoms with E-state index >= 15 is 0 Å². The Kier molecular flexibility index (Phi) is 5.11. The number of carbonyl (C=O) groups is 1. The van der Waals surface area contributed by atoms with Crippen LogP contribution in [0.1, 0.15) is 13.8 Å². The molecule has 1 amide bonds. The summed E-state index contributed by atoms with van der Waals surface area (Å²) in [5, 5.41) is 2.76. The number of carbonyl (C=O) groups excluding carboxylic acids is 1. The van der Waals surface area contributed by atoms with Crippen molar-refractivity contribution >= 4 is 18.7 Å². The van der Waals surface area contributed by atoms with Crippen LogP contribution in [0.25, 0.3) is 0 Å². The fourth-order valence-electron chi connectivity index (χ4n) is 0.496. The van der Waals surface area contributed by atoms with E-state index < -0.39 is 6.09 Å². The van der Waals surface area contributed by atoms with E-state index in [1.807, 2.05) is 0 Å². The molecule has 0 aliphatic carbocycles. The van der Waals surface area contributed by atoms with Gasteiger partial charge in [0.1, 0.15) is 0 Å². The van der Waals surface area contributed by atoms with Crippen LogP contribution in [0.15, 0.2) is 0 Å². The summed E-state index contributed by atoms with van der Waals surface area (Å²) in [6.45, 7) is 4.65. The van der Waals surface area contributed by atoms with Gasteiger partial charge in [0.05, 0.1) is 7.11 Å². The van der Waals surface area contributed by atoms with Crippen LogP contribution in [0, 0.1) is 5.92 Å². The molecule has 0 aliphatic heterocycles. The Bertz CT molecular complexity index is 128. The topological polar surface area (TPSA) is 38.3 Å². The summed E-state index contributed by atoms with van der Waals surface area (Å²) >= 11 is 4.27. The average molecular weight is 177 g/mol. The zero-order valence-electron chi connectivity index (χ0n) is 7.13. The number of hydrogen-bond donors (Lipinski definition) is 2. The summed E-state index contributed by atoms with van der Waals surface area (Å²) in [5.74, 6) is 0.454. The second kappa shape index (κ2) is 5.29. The number of amides is 1. The van der Waals surface area contributed by atoms with Gasteiger partial charge in [-0.05, 0) is 5.92 Å². The largest absolute Gasteiger partial charge is 0.453 e. The van der Waals surface area contributed by atoms with E-state index in [-0.39, 0.29) is 5.25 Å². The van der Waals surface area contributed by atoms with Crippen molar-refractivity contribution in [2.75, 3.05) is 13.7 Å². The zero-order valence-corrected chi connectivity index (χ0v) is 8.02. The number of rotatable bonds is 3. The quantitative estimate of drug-likeness (QED) is 0.638. The molecule has 0 aliphatic rings. The van der Waals surface area contributed by atoms with Crippen molar-refractivity contribution in [2.24, 2.45) is 5.92 Å². The zero-order chi connectivity index (χ0) is 8.85. The van der Waals surface area contributed by atoms with Gasteiger partial charge in [-0.3, -0.25) is 0 Å². The molecule has 0 aromatic carbocycles. The highest BCUT2D eigenvalue weighted by Crippen LogP contribution is 2.06. The van der Waals surface area contributed by atoms with Crippen molar-refractivity contribution in [1.82, 2.24) is 5.32 Å². The molecule has 11 heavy (non-hydrogen) atoms. The minimum atomic E-state index is -0.398. The van der Waals surface area contributed by atoms with E-state index in [9.17, 15) is 4.79 Å². The molecule has 0 radical (unpaired) electrons. The van der Waals surface area contributed by atoms with Gasteiger partial charge in [-0.2, -0.15) is 12.6 Å². The molecule has 1 unspecified atom stereocenters. The van der Waals surface area contributed by atoms with Crippen LogP contribution in [-0.4, -0.2) is 25.0 Å². The van der Waals surface area contributed by atoms with Crippen LogP contribution in [0.2, 0.25) is 0 Å². The maximum Gasteiger partial charge on any atom is 0.406 e. The van der Waals surface area contributed by atoms with Gasteiger partial charge in [0.25, 0.3) is 0 Å². The molecule has 0 aromatic rings. The molecule has 1 atom stereocenters. The van der Waals surface area contributed by atoms with E-state index in [0.29, 0.717) is 12.5 Å². The van der Waals surface area contributed by atoms with Gasteiger partial charge < -0.3 is 10.1 Å². The van der Waals surface area contributed by atoms with Gasteiger partial charge in [0.15, 0.2) is 0 Å². The standard InChI is InChI=1S/C7H15NO2S/c1-5(2)6(11)4-8-7(9)10-3/h5-6,11H,4H2,1-3H3,(H,8,9). The Morgan fingerprint density at radius 3 is 2.55 bits per heavy atom. The molecule has 1 N–H and O–H groups in total. The summed E-state index contributed by atoms with van der Waals surface area (Å²) in [6.07, 6.45) is -0.398. The molecule has 66 valence electrons. The van der Waals surface area contributed by atoms with Crippen molar-refractivity contribution in [3.05, 3.63) is 0 Å². The SMILES string of the molecule is COC(=O)NCC(S)C(C)C. The maximum absolute atomic E-state index is 10.6. The van der Waals surface area contributed by atoms with Crippen molar-refractivity contribution < 1.29 is 9.53 Å². The predicted molar refractivity (Wildman–Crippen MR) is 48.0 cm³/mol. The van der Waals surface area contributed by atoms with Crippen molar-refractivity contribution in [3.8, 4) is 0 Å². The molecule has 0 spiro atoms. The van der Waals surface area contributed by atoms with E-state index in [0.717, 1.165) is 0 Å². The Labute approximate surface area is 72.9 Å². The molecule has 0 rings (SSSR count). The third kappa shape index (κ3) is 4.95. The molecular weight excluding hydrogens is 162 g/mol. The third-order valence-electron chi connectivity index (χ3n) is 1.41. The fraction of sp³-hybridized carbons (Fsp3) is 0.857. The minimum Gasteiger partial charge on any atom is -0.453 e. The van der Waals surface area contributed by atoms with Crippen LogP contribution in [0.4, 0.5) is 4.79 Å². The summed E-state index contributed by atoms with van der Waals surface area (Å²) in [7, 11) is 1.35. The molecule has 0 aromatic heterocycles. The average Bonchev–Trinajstić information content (AvgIpc) is 1.99. The monoisotopic (exact) mass is 177 g/mol. The van der Waals surface area contributed by atoms with Crippen molar-refractivity contribution in [2.45, 2.75) is 19.1 Å². The van der Waals surface area contributed by atoms with Crippen LogP contribution in [0.5, 0.6) is 0 Å². The Balaban J connectivity index is 3.45. The van der Waals surface area contributed by atoms with Gasteiger partial charge in [-0.15, -0.1) is 0 Å². The molecule has 3 nitrogen and oxygen atoms in total. The minimum absolute atomic E-state index is 0.189. The third-order valence-corrected chi connectivity index (χ3v) is 2.19. The molecule has 0 bridgehead atoms. The van der Waals surface area contributed by atoms with Gasteiger partial charge in [-0.25, -0.2) is 4.79 Å². The number of hydrogen-bond acceptors (Lipinski definition) is 3. The lowest BCUT2D eigenvalue weighted by Crippen LogP contribution is -2.31. The highest BCUT2D eigenvalue weighted by Gasteiger charge is 2.08. The first-order valence-corrected chi connectivity index (χ1v) is 4.09. The first-order valence-electron chi connectivity index (χ1n) is 3.57. The second-order valence-electron chi connectivity index (χ2n) is 2.68. The number of nitrogens with one attached hydrogen (secondary N) is 1. The van der Waals surface area contributed by atoms with Crippen molar-refractivity contribution in [3.63, 3.8) is 0 Å². The van der Waals surface area contributed by atoms with Gasteiger partial charge >= 0.3 is 6.09 Å². The van der Waals surface area contributed by atoms with Gasteiger partial charge in [0.2, 0.25) is 0 Å². The molecule has 0 saturated carbocycles. The smallest absolute Gasteiger partial charge is 0.406 e. The van der Waals surface area contributed by atoms with Crippen molar-refractivity contribution in [1.29, 1.82) is 0 Å². The lowest BCUT2D eigenvalue weighted by molar-refractivity contribution is 0.170. The summed E-state index contributed by atoms with van der Waals surface area (Å²) < 4.78 is 4.40. The highest BCUT2D eigenvalue weighted by molar-refractivity contribution is 7.81. The fourth-order valence-corrected chi connectivity index (χ4v) is 0.587. The summed E-state index contributed by atoms with van der Waals surface area (Å²) in [4.78, 5) is 10.6. The first kappa shape index (κ1) is 10.6. The maximum atomic E-state index is 10.6. The Hall–Kier alpha value is -0.380. The van der Waals surface area contributed by atoms with Crippen LogP contribution in [0.3, 0.4) is 0 Å². The normalized spacial score (nSPS) is 12.8. The number of ether oxygens (including phenoxy) is 1. The molecule has 0 heterocycles. The van der Waals surface area contributed by atoms with Gasteiger partial charge in [0, 0.05) is 11.8 Å². The molecule has 0 fully saturated rings. The summed E-state index contributed by atoms with van der Waals surface area (Å²) in [5.41, 5.74) is 0. The van der Waals surface area contributed by atoms with Crippen LogP contribution < -0.4 is 5.32 Å². The van der Waals surface area contributed by atoms with E-state index in [1.54, 1.807) is 0 Å². The summed E-state index contributed by atoms with van der Waals surface area (Å²) in [6, 6.07) is 0. The predicted octanol–water partition coefficient (Wildman–Crippen LogP) is 1.30. The second-order valence-corrected chi connectivity index (χ2v) is 3.35. The van der Waals surface area contributed by atoms with Crippen LogP contribution in [-0.2, 0) is 4.74 Å².